The van der Waals surface area contributed by atoms with Crippen LogP contribution in [0.2, 0.25) is 0 Å². The predicted octanol–water partition coefficient (Wildman–Crippen LogP) is -2.54. The van der Waals surface area contributed by atoms with Gasteiger partial charge in [0.2, 0.25) is 0 Å². The van der Waals surface area contributed by atoms with Gasteiger partial charge < -0.3 is 25.7 Å². The Morgan fingerprint density at radius 2 is 1.75 bits per heavy atom. The van der Waals surface area contributed by atoms with E-state index in [4.69, 9.17) is 15.3 Å². The van der Waals surface area contributed by atoms with E-state index in [1.54, 1.807) is 0 Å². The Morgan fingerprint density at radius 1 is 1.25 bits per heavy atom. The summed E-state index contributed by atoms with van der Waals surface area (Å²) in [6.07, 6.45) is -2.01. The van der Waals surface area contributed by atoms with Crippen LogP contribution in [0.15, 0.2) is 0 Å². The van der Waals surface area contributed by atoms with E-state index in [2.05, 4.69) is 5.32 Å². The van der Waals surface area contributed by atoms with E-state index in [0.29, 0.717) is 0 Å². The van der Waals surface area contributed by atoms with Crippen LogP contribution in [0, 0.1) is 0 Å². The van der Waals surface area contributed by atoms with Crippen molar-refractivity contribution in [1.82, 2.24) is 5.32 Å². The van der Waals surface area contributed by atoms with Crippen LogP contribution in [0.25, 0.3) is 0 Å². The molecule has 0 radical (unpaired) electrons. The first-order valence-corrected chi connectivity index (χ1v) is 3.49. The molecule has 2 atom stereocenters. The molecule has 5 N–H and O–H groups in total. The quantitative estimate of drug-likeness (QED) is 0.338. The summed E-state index contributed by atoms with van der Waals surface area (Å²) in [5, 5.41) is 38.6. The number of β-amino-alcohol motifs (C(OH)–C–C–N with tert-alkyl or cyclic N) is 1. The Morgan fingerprint density at radius 3 is 1.92 bits per heavy atom. The molecule has 0 amide bonds. The summed E-state index contributed by atoms with van der Waals surface area (Å²) in [5.41, 5.74) is -1.13. The molecule has 0 aliphatic carbocycles. The molecular weight excluding hydrogens is 186 g/mol. The van der Waals surface area contributed by atoms with Gasteiger partial charge in [-0.1, -0.05) is 0 Å². The van der Waals surface area contributed by atoms with Gasteiger partial charge in [-0.05, 0) is 0 Å². The fourth-order valence-corrected chi connectivity index (χ4v) is 1.24. The molecule has 1 saturated heterocycles. The Labute approximate surface area is 76.4 Å². The van der Waals surface area contributed by atoms with E-state index < -0.39 is 17.7 Å². The van der Waals surface area contributed by atoms with Crippen molar-refractivity contribution >= 4 is 12.4 Å². The summed E-state index contributed by atoms with van der Waals surface area (Å²) < 4.78 is 0. The van der Waals surface area contributed by atoms with Crippen LogP contribution < -0.4 is 5.32 Å². The maximum Gasteiger partial charge on any atom is 0.104 e. The molecule has 12 heavy (non-hydrogen) atoms. The summed E-state index contributed by atoms with van der Waals surface area (Å²) in [4.78, 5) is 0. The minimum absolute atomic E-state index is 0. The van der Waals surface area contributed by atoms with Crippen molar-refractivity contribution in [2.45, 2.75) is 17.7 Å². The summed E-state index contributed by atoms with van der Waals surface area (Å²) >= 11 is 0. The molecule has 1 aliphatic heterocycles. The number of halogens is 1. The van der Waals surface area contributed by atoms with Gasteiger partial charge in [0.05, 0.1) is 24.9 Å². The molecule has 0 aromatic rings. The van der Waals surface area contributed by atoms with Crippen molar-refractivity contribution in [1.29, 1.82) is 0 Å². The molecule has 1 rings (SSSR count). The van der Waals surface area contributed by atoms with Crippen molar-refractivity contribution in [2.75, 3.05) is 19.8 Å². The van der Waals surface area contributed by atoms with Gasteiger partial charge in [0.25, 0.3) is 0 Å². The maximum atomic E-state index is 9.28. The highest BCUT2D eigenvalue weighted by Gasteiger charge is 2.46. The zero-order valence-corrected chi connectivity index (χ0v) is 7.29. The molecule has 0 aromatic carbocycles. The molecule has 6 heteroatoms. The summed E-state index contributed by atoms with van der Waals surface area (Å²) in [7, 11) is 0. The SMILES string of the molecule is Cl.OCC1(CO)NC[C@@H](O)[C@H]1O. The van der Waals surface area contributed by atoms with Crippen LogP contribution in [0.4, 0.5) is 0 Å². The highest BCUT2D eigenvalue weighted by atomic mass is 35.5. The van der Waals surface area contributed by atoms with Crippen LogP contribution in [0.1, 0.15) is 0 Å². The van der Waals surface area contributed by atoms with E-state index in [9.17, 15) is 5.11 Å². The van der Waals surface area contributed by atoms with Gasteiger partial charge >= 0.3 is 0 Å². The van der Waals surface area contributed by atoms with Crippen molar-refractivity contribution in [3.05, 3.63) is 0 Å². The van der Waals surface area contributed by atoms with Crippen LogP contribution >= 0.6 is 12.4 Å². The van der Waals surface area contributed by atoms with Crippen molar-refractivity contribution in [3.63, 3.8) is 0 Å². The first kappa shape index (κ1) is 12.1. The molecular formula is C6H14ClNO4. The second-order valence-corrected chi connectivity index (χ2v) is 2.87. The maximum absolute atomic E-state index is 9.28. The van der Waals surface area contributed by atoms with Crippen molar-refractivity contribution < 1.29 is 20.4 Å². The third-order valence-corrected chi connectivity index (χ3v) is 2.16. The summed E-state index contributed by atoms with van der Waals surface area (Å²) in [6.45, 7) is -0.578. The number of hydrogen-bond acceptors (Lipinski definition) is 5. The lowest BCUT2D eigenvalue weighted by atomic mass is 9.96. The Balaban J connectivity index is 0.00000121. The van der Waals surface area contributed by atoms with Crippen LogP contribution in [0.5, 0.6) is 0 Å². The third-order valence-electron chi connectivity index (χ3n) is 2.16. The number of aliphatic hydroxyl groups is 4. The van der Waals surface area contributed by atoms with Crippen LogP contribution in [0.3, 0.4) is 0 Å². The van der Waals surface area contributed by atoms with Crippen LogP contribution in [-0.2, 0) is 0 Å². The second kappa shape index (κ2) is 4.36. The Bertz CT molecular complexity index is 142. The number of aliphatic hydroxyl groups excluding tert-OH is 4. The molecule has 0 bridgehead atoms. The molecule has 5 nitrogen and oxygen atoms in total. The highest BCUT2D eigenvalue weighted by molar-refractivity contribution is 5.85. The lowest BCUT2D eigenvalue weighted by molar-refractivity contribution is -0.0299. The predicted molar refractivity (Wildman–Crippen MR) is 44.2 cm³/mol. The molecule has 0 unspecified atom stereocenters. The third kappa shape index (κ3) is 1.71. The van der Waals surface area contributed by atoms with Gasteiger partial charge in [0, 0.05) is 6.54 Å². The second-order valence-electron chi connectivity index (χ2n) is 2.87. The molecule has 1 fully saturated rings. The normalized spacial score (nSPS) is 33.0. The minimum Gasteiger partial charge on any atom is -0.394 e. The average Bonchev–Trinajstić information content (AvgIpc) is 2.32. The first-order chi connectivity index (χ1) is 5.16. The minimum atomic E-state index is -1.13. The van der Waals surface area contributed by atoms with E-state index in [0.717, 1.165) is 0 Å². The molecule has 1 heterocycles. The monoisotopic (exact) mass is 199 g/mol. The number of nitrogens with one attached hydrogen (secondary N) is 1. The fourth-order valence-electron chi connectivity index (χ4n) is 1.24. The topological polar surface area (TPSA) is 93.0 Å². The Hall–Kier alpha value is 0.0900. The number of hydrogen-bond donors (Lipinski definition) is 5. The largest absolute Gasteiger partial charge is 0.394 e. The molecule has 1 aliphatic rings. The van der Waals surface area contributed by atoms with Gasteiger partial charge in [-0.3, -0.25) is 0 Å². The Kier molecular flexibility index (Phi) is 4.39. The molecule has 0 saturated carbocycles. The van der Waals surface area contributed by atoms with Crippen molar-refractivity contribution in [2.24, 2.45) is 0 Å². The zero-order valence-electron chi connectivity index (χ0n) is 6.47. The average molecular weight is 200 g/mol. The molecule has 74 valence electrons. The van der Waals surface area contributed by atoms with E-state index in [1.807, 2.05) is 0 Å². The highest BCUT2D eigenvalue weighted by Crippen LogP contribution is 2.19. The molecule has 0 spiro atoms. The van der Waals surface area contributed by atoms with Gasteiger partial charge in [0.15, 0.2) is 0 Å². The van der Waals surface area contributed by atoms with Gasteiger partial charge in [-0.2, -0.15) is 0 Å². The van der Waals surface area contributed by atoms with Crippen LogP contribution in [-0.4, -0.2) is 57.9 Å². The fraction of sp³-hybridized carbons (Fsp3) is 1.00. The van der Waals surface area contributed by atoms with E-state index in [-0.39, 0.29) is 32.2 Å². The van der Waals surface area contributed by atoms with Gasteiger partial charge in [0.1, 0.15) is 6.10 Å². The lowest BCUT2D eigenvalue weighted by Gasteiger charge is -2.28. The van der Waals surface area contributed by atoms with Crippen molar-refractivity contribution in [3.8, 4) is 0 Å². The van der Waals surface area contributed by atoms with E-state index >= 15 is 0 Å². The van der Waals surface area contributed by atoms with Gasteiger partial charge in [-0.15, -0.1) is 12.4 Å². The smallest absolute Gasteiger partial charge is 0.104 e. The first-order valence-electron chi connectivity index (χ1n) is 3.49. The lowest BCUT2D eigenvalue weighted by Crippen LogP contribution is -2.55. The standard InChI is InChI=1S/C6H13NO4.ClH/c8-2-6(3-9)5(11)4(10)1-7-6;/h4-5,7-11H,1-3H2;1H/t4-,5-;/m1./s1. The summed E-state index contributed by atoms with van der Waals surface area (Å²) in [5.74, 6) is 0. The summed E-state index contributed by atoms with van der Waals surface area (Å²) in [6, 6.07) is 0. The number of rotatable bonds is 2. The van der Waals surface area contributed by atoms with E-state index in [1.165, 1.54) is 0 Å². The zero-order chi connectivity index (χ0) is 8.48. The van der Waals surface area contributed by atoms with Gasteiger partial charge in [-0.25, -0.2) is 0 Å². The molecule has 0 aromatic heterocycles.